The predicted molar refractivity (Wildman–Crippen MR) is 60.0 cm³/mol. The van der Waals surface area contributed by atoms with Gasteiger partial charge in [-0.15, -0.1) is 5.10 Å². The van der Waals surface area contributed by atoms with Crippen LogP contribution in [0.1, 0.15) is 5.82 Å². The number of aryl methyl sites for hydroxylation is 1. The zero-order valence-corrected chi connectivity index (χ0v) is 10.2. The number of aromatic nitrogens is 5. The van der Waals surface area contributed by atoms with Gasteiger partial charge in [-0.3, -0.25) is 5.10 Å². The first-order chi connectivity index (χ1) is 6.75. The van der Waals surface area contributed by atoms with Crippen molar-refractivity contribution in [2.24, 2.45) is 0 Å². The van der Waals surface area contributed by atoms with E-state index in [0.29, 0.717) is 5.16 Å². The van der Waals surface area contributed by atoms with Crippen molar-refractivity contribution in [2.75, 3.05) is 0 Å². The number of rotatable bonds is 2. The van der Waals surface area contributed by atoms with Crippen LogP contribution in [0, 0.1) is 10.5 Å². The molecular formula is C7H6IN5S. The third kappa shape index (κ3) is 2.21. The van der Waals surface area contributed by atoms with Gasteiger partial charge in [-0.25, -0.2) is 15.0 Å². The van der Waals surface area contributed by atoms with Crippen molar-refractivity contribution in [3.63, 3.8) is 0 Å². The molecule has 0 saturated heterocycles. The second-order valence-corrected chi connectivity index (χ2v) is 4.60. The van der Waals surface area contributed by atoms with Crippen LogP contribution in [-0.4, -0.2) is 25.1 Å². The largest absolute Gasteiger partial charge is 0.262 e. The van der Waals surface area contributed by atoms with Gasteiger partial charge in [0, 0.05) is 6.20 Å². The molecule has 0 spiro atoms. The fourth-order valence-electron chi connectivity index (χ4n) is 0.831. The second-order valence-electron chi connectivity index (χ2n) is 2.48. The molecule has 0 aromatic carbocycles. The Hall–Kier alpha value is -0.700. The number of aromatic amines is 1. The summed E-state index contributed by atoms with van der Waals surface area (Å²) in [5.74, 6) is 0.802. The fraction of sp³-hybridized carbons (Fsp3) is 0.143. The Kier molecular flexibility index (Phi) is 2.96. The van der Waals surface area contributed by atoms with Gasteiger partial charge < -0.3 is 0 Å². The number of nitrogens with zero attached hydrogens (tertiary/aromatic N) is 4. The molecule has 7 heteroatoms. The third-order valence-electron chi connectivity index (χ3n) is 1.40. The topological polar surface area (TPSA) is 67.3 Å². The number of halogens is 1. The summed E-state index contributed by atoms with van der Waals surface area (Å²) < 4.78 is 0.998. The van der Waals surface area contributed by atoms with E-state index >= 15 is 0 Å². The molecule has 14 heavy (non-hydrogen) atoms. The molecule has 72 valence electrons. The third-order valence-corrected chi connectivity index (χ3v) is 3.44. The SMILES string of the molecule is Cc1nc(Sc2ncncc2I)n[nH]1. The molecule has 1 N–H and O–H groups in total. The van der Waals surface area contributed by atoms with Gasteiger partial charge in [0.2, 0.25) is 5.16 Å². The molecule has 0 saturated carbocycles. The summed E-state index contributed by atoms with van der Waals surface area (Å²) in [5, 5.41) is 8.35. The Morgan fingerprint density at radius 1 is 1.50 bits per heavy atom. The Labute approximate surface area is 98.3 Å². The highest BCUT2D eigenvalue weighted by atomic mass is 127. The van der Waals surface area contributed by atoms with E-state index in [2.05, 4.69) is 47.7 Å². The van der Waals surface area contributed by atoms with Crippen LogP contribution in [0.4, 0.5) is 0 Å². The highest BCUT2D eigenvalue weighted by Gasteiger charge is 2.06. The second kappa shape index (κ2) is 4.22. The highest BCUT2D eigenvalue weighted by Crippen LogP contribution is 2.25. The van der Waals surface area contributed by atoms with E-state index in [1.807, 2.05) is 6.92 Å². The molecule has 5 nitrogen and oxygen atoms in total. The first-order valence-electron chi connectivity index (χ1n) is 3.78. The first-order valence-corrected chi connectivity index (χ1v) is 5.67. The van der Waals surface area contributed by atoms with Gasteiger partial charge in [-0.1, -0.05) is 0 Å². The van der Waals surface area contributed by atoms with Gasteiger partial charge in [0.1, 0.15) is 17.2 Å². The van der Waals surface area contributed by atoms with Crippen molar-refractivity contribution in [2.45, 2.75) is 17.1 Å². The zero-order valence-electron chi connectivity index (χ0n) is 7.23. The van der Waals surface area contributed by atoms with E-state index in [-0.39, 0.29) is 0 Å². The van der Waals surface area contributed by atoms with Crippen LogP contribution >= 0.6 is 34.4 Å². The highest BCUT2D eigenvalue weighted by molar-refractivity contribution is 14.1. The van der Waals surface area contributed by atoms with Gasteiger partial charge >= 0.3 is 0 Å². The summed E-state index contributed by atoms with van der Waals surface area (Å²) in [6.07, 6.45) is 3.28. The quantitative estimate of drug-likeness (QED) is 0.673. The minimum absolute atomic E-state index is 0.680. The lowest BCUT2D eigenvalue weighted by Gasteiger charge is -1.96. The molecule has 0 radical (unpaired) electrons. The number of hydrogen-bond donors (Lipinski definition) is 1. The Balaban J connectivity index is 2.23. The Bertz CT molecular complexity index is 443. The Morgan fingerprint density at radius 3 is 3.00 bits per heavy atom. The average Bonchev–Trinajstić information content (AvgIpc) is 2.56. The van der Waals surface area contributed by atoms with Gasteiger partial charge in [0.15, 0.2) is 0 Å². The van der Waals surface area contributed by atoms with Crippen LogP contribution in [0.25, 0.3) is 0 Å². The summed E-state index contributed by atoms with van der Waals surface area (Å²) >= 11 is 3.61. The molecule has 2 aromatic rings. The minimum Gasteiger partial charge on any atom is -0.262 e. The lowest BCUT2D eigenvalue weighted by atomic mass is 10.7. The lowest BCUT2D eigenvalue weighted by molar-refractivity contribution is 0.956. The van der Waals surface area contributed by atoms with Gasteiger partial charge in [-0.2, -0.15) is 0 Å². The average molecular weight is 319 g/mol. The minimum atomic E-state index is 0.680. The molecule has 0 unspecified atom stereocenters. The summed E-state index contributed by atoms with van der Waals surface area (Å²) in [6.45, 7) is 1.86. The van der Waals surface area contributed by atoms with Gasteiger partial charge in [0.05, 0.1) is 3.57 Å². The molecular weight excluding hydrogens is 313 g/mol. The van der Waals surface area contributed by atoms with Crippen LogP contribution in [-0.2, 0) is 0 Å². The molecule has 0 aliphatic rings. The maximum Gasteiger partial charge on any atom is 0.214 e. The van der Waals surface area contributed by atoms with Crippen LogP contribution in [0.5, 0.6) is 0 Å². The van der Waals surface area contributed by atoms with Crippen molar-refractivity contribution >= 4 is 34.4 Å². The maximum absolute atomic E-state index is 4.18. The van der Waals surface area contributed by atoms with Crippen molar-refractivity contribution in [3.8, 4) is 0 Å². The van der Waals surface area contributed by atoms with Crippen LogP contribution in [0.15, 0.2) is 22.7 Å². The van der Waals surface area contributed by atoms with E-state index in [4.69, 9.17) is 0 Å². The molecule has 0 fully saturated rings. The van der Waals surface area contributed by atoms with Gasteiger partial charge in [0.25, 0.3) is 0 Å². The van der Waals surface area contributed by atoms with E-state index in [9.17, 15) is 0 Å². The van der Waals surface area contributed by atoms with Crippen LogP contribution < -0.4 is 0 Å². The van der Waals surface area contributed by atoms with Crippen LogP contribution in [0.3, 0.4) is 0 Å². The van der Waals surface area contributed by atoms with E-state index < -0.39 is 0 Å². The summed E-state index contributed by atoms with van der Waals surface area (Å²) in [7, 11) is 0. The number of hydrogen-bond acceptors (Lipinski definition) is 5. The lowest BCUT2D eigenvalue weighted by Crippen LogP contribution is -1.87. The molecule has 0 atom stereocenters. The Morgan fingerprint density at radius 2 is 2.36 bits per heavy atom. The maximum atomic E-state index is 4.18. The fourth-order valence-corrected chi connectivity index (χ4v) is 2.16. The molecule has 2 aromatic heterocycles. The zero-order chi connectivity index (χ0) is 9.97. The van der Waals surface area contributed by atoms with E-state index in [0.717, 1.165) is 14.4 Å². The molecule has 0 bridgehead atoms. The molecule has 0 aliphatic carbocycles. The monoisotopic (exact) mass is 319 g/mol. The standard InChI is InChI=1S/C7H6IN5S/c1-4-11-7(13-12-4)14-6-5(8)2-9-3-10-6/h2-3H,1H3,(H,11,12,13). The van der Waals surface area contributed by atoms with E-state index in [1.54, 1.807) is 6.20 Å². The predicted octanol–water partition coefficient (Wildman–Crippen LogP) is 1.66. The number of H-pyrrole nitrogens is 1. The van der Waals surface area contributed by atoms with Crippen LogP contribution in [0.2, 0.25) is 0 Å². The summed E-state index contributed by atoms with van der Waals surface area (Å²) in [6, 6.07) is 0. The molecule has 0 amide bonds. The van der Waals surface area contributed by atoms with Gasteiger partial charge in [-0.05, 0) is 41.3 Å². The number of nitrogens with one attached hydrogen (secondary N) is 1. The summed E-state index contributed by atoms with van der Waals surface area (Å²) in [5.41, 5.74) is 0. The van der Waals surface area contributed by atoms with Crippen molar-refractivity contribution < 1.29 is 0 Å². The van der Waals surface area contributed by atoms with Crippen molar-refractivity contribution in [1.82, 2.24) is 25.1 Å². The van der Waals surface area contributed by atoms with E-state index in [1.165, 1.54) is 18.1 Å². The first kappa shape index (κ1) is 9.84. The smallest absolute Gasteiger partial charge is 0.214 e. The van der Waals surface area contributed by atoms with Crippen molar-refractivity contribution in [1.29, 1.82) is 0 Å². The van der Waals surface area contributed by atoms with Crippen molar-refractivity contribution in [3.05, 3.63) is 21.9 Å². The summed E-state index contributed by atoms with van der Waals surface area (Å²) in [4.78, 5) is 12.2. The molecule has 2 rings (SSSR count). The normalized spacial score (nSPS) is 10.4. The molecule has 2 heterocycles. The molecule has 0 aliphatic heterocycles.